The Labute approximate surface area is 129 Å². The number of hydrogen-bond acceptors (Lipinski definition) is 4. The number of nitrogens with zero attached hydrogens (tertiary/aromatic N) is 2. The zero-order valence-corrected chi connectivity index (χ0v) is 13.9. The molecule has 122 valence electrons. The van der Waals surface area contributed by atoms with Gasteiger partial charge in [-0.15, -0.1) is 0 Å². The van der Waals surface area contributed by atoms with E-state index in [1.807, 2.05) is 4.90 Å². The molecule has 1 saturated heterocycles. The monoisotopic (exact) mass is 297 g/mol. The van der Waals surface area contributed by atoms with Crippen LogP contribution in [-0.4, -0.2) is 66.8 Å². The van der Waals surface area contributed by atoms with Gasteiger partial charge in [0.25, 0.3) is 0 Å². The minimum Gasteiger partial charge on any atom is -0.339 e. The minimum atomic E-state index is 0.214. The molecule has 1 atom stereocenters. The van der Waals surface area contributed by atoms with Crippen LogP contribution in [0.5, 0.6) is 0 Å². The standard InChI is InChI=1S/C16H31N3O2/c1-4-14(2)17-13-16(21)19-11-9-18(10-12-19)8-6-5-7-15(3)20/h14,17H,4-13H2,1-3H3. The molecule has 5 nitrogen and oxygen atoms in total. The SMILES string of the molecule is CCC(C)NCC(=O)N1CCN(CCCCC(C)=O)CC1. The van der Waals surface area contributed by atoms with Gasteiger partial charge in [-0.25, -0.2) is 0 Å². The fourth-order valence-electron chi connectivity index (χ4n) is 2.45. The average Bonchev–Trinajstić information content (AvgIpc) is 2.49. The molecule has 0 saturated carbocycles. The normalized spacial score (nSPS) is 17.8. The maximum Gasteiger partial charge on any atom is 0.236 e. The Bertz CT molecular complexity index is 325. The molecular formula is C16H31N3O2. The summed E-state index contributed by atoms with van der Waals surface area (Å²) in [7, 11) is 0. The average molecular weight is 297 g/mol. The zero-order valence-electron chi connectivity index (χ0n) is 13.9. The van der Waals surface area contributed by atoms with Crippen LogP contribution in [0.4, 0.5) is 0 Å². The van der Waals surface area contributed by atoms with Gasteiger partial charge in [0.1, 0.15) is 5.78 Å². The summed E-state index contributed by atoms with van der Waals surface area (Å²) in [5, 5.41) is 3.26. The van der Waals surface area contributed by atoms with Crippen LogP contribution in [-0.2, 0) is 9.59 Å². The van der Waals surface area contributed by atoms with E-state index in [1.54, 1.807) is 6.92 Å². The summed E-state index contributed by atoms with van der Waals surface area (Å²) in [6.07, 6.45) is 3.79. The lowest BCUT2D eigenvalue weighted by Crippen LogP contribution is -2.51. The molecule has 1 aliphatic rings. The van der Waals surface area contributed by atoms with Crippen molar-refractivity contribution < 1.29 is 9.59 Å². The molecule has 1 N–H and O–H groups in total. The summed E-state index contributed by atoms with van der Waals surface area (Å²) in [4.78, 5) is 27.3. The first-order chi connectivity index (χ1) is 10.0. The molecule has 0 bridgehead atoms. The van der Waals surface area contributed by atoms with Crippen molar-refractivity contribution in [2.75, 3.05) is 39.3 Å². The van der Waals surface area contributed by atoms with Gasteiger partial charge in [0.05, 0.1) is 6.54 Å². The summed E-state index contributed by atoms with van der Waals surface area (Å²) in [6, 6.07) is 0.400. The summed E-state index contributed by atoms with van der Waals surface area (Å²) in [6.45, 7) is 10.9. The van der Waals surface area contributed by atoms with E-state index in [0.717, 1.165) is 52.0 Å². The van der Waals surface area contributed by atoms with Gasteiger partial charge in [-0.05, 0) is 39.7 Å². The highest BCUT2D eigenvalue weighted by Gasteiger charge is 2.20. The number of ketones is 1. The highest BCUT2D eigenvalue weighted by atomic mass is 16.2. The van der Waals surface area contributed by atoms with Crippen LogP contribution < -0.4 is 5.32 Å². The smallest absolute Gasteiger partial charge is 0.236 e. The van der Waals surface area contributed by atoms with Gasteiger partial charge in [0.15, 0.2) is 0 Å². The Morgan fingerprint density at radius 3 is 2.38 bits per heavy atom. The lowest BCUT2D eigenvalue weighted by molar-refractivity contribution is -0.132. The van der Waals surface area contributed by atoms with Crippen LogP contribution >= 0.6 is 0 Å². The molecule has 1 rings (SSSR count). The van der Waals surface area contributed by atoms with E-state index >= 15 is 0 Å². The van der Waals surface area contributed by atoms with Crippen molar-refractivity contribution in [3.05, 3.63) is 0 Å². The quantitative estimate of drug-likeness (QED) is 0.651. The molecule has 1 unspecified atom stereocenters. The van der Waals surface area contributed by atoms with Crippen LogP contribution in [0.25, 0.3) is 0 Å². The topological polar surface area (TPSA) is 52.7 Å². The molecule has 21 heavy (non-hydrogen) atoms. The van der Waals surface area contributed by atoms with Gasteiger partial charge in [-0.3, -0.25) is 9.69 Å². The van der Waals surface area contributed by atoms with E-state index < -0.39 is 0 Å². The second-order valence-electron chi connectivity index (χ2n) is 6.07. The fraction of sp³-hybridized carbons (Fsp3) is 0.875. The molecule has 1 heterocycles. The number of hydrogen-bond donors (Lipinski definition) is 1. The number of unbranched alkanes of at least 4 members (excludes halogenated alkanes) is 1. The van der Waals surface area contributed by atoms with Crippen LogP contribution in [0.3, 0.4) is 0 Å². The second-order valence-corrected chi connectivity index (χ2v) is 6.07. The van der Waals surface area contributed by atoms with Gasteiger partial charge >= 0.3 is 0 Å². The summed E-state index contributed by atoms with van der Waals surface area (Å²) >= 11 is 0. The third-order valence-electron chi connectivity index (χ3n) is 4.19. The minimum absolute atomic E-state index is 0.214. The number of piperazine rings is 1. The first kappa shape index (κ1) is 18.1. The van der Waals surface area contributed by atoms with Gasteiger partial charge in [-0.1, -0.05) is 6.92 Å². The van der Waals surface area contributed by atoms with E-state index in [9.17, 15) is 9.59 Å². The predicted molar refractivity (Wildman–Crippen MR) is 85.3 cm³/mol. The Morgan fingerprint density at radius 2 is 1.81 bits per heavy atom. The molecule has 0 aromatic carbocycles. The molecule has 0 radical (unpaired) electrons. The van der Waals surface area contributed by atoms with Crippen LogP contribution in [0.15, 0.2) is 0 Å². The Kier molecular flexibility index (Phi) is 8.54. The lowest BCUT2D eigenvalue weighted by atomic mass is 10.2. The van der Waals surface area contributed by atoms with Crippen molar-refractivity contribution in [1.82, 2.24) is 15.1 Å². The maximum atomic E-state index is 12.1. The van der Waals surface area contributed by atoms with Crippen molar-refractivity contribution in [3.8, 4) is 0 Å². The van der Waals surface area contributed by atoms with E-state index in [4.69, 9.17) is 0 Å². The second kappa shape index (κ2) is 9.90. The van der Waals surface area contributed by atoms with E-state index in [0.29, 0.717) is 19.0 Å². The zero-order chi connectivity index (χ0) is 15.7. The van der Waals surface area contributed by atoms with Crippen LogP contribution in [0.1, 0.15) is 46.5 Å². The molecule has 1 fully saturated rings. The number of Topliss-reactive ketones (excluding diaryl/α,β-unsaturated/α-hetero) is 1. The molecule has 0 aliphatic carbocycles. The Hall–Kier alpha value is -0.940. The maximum absolute atomic E-state index is 12.1. The van der Waals surface area contributed by atoms with Crippen molar-refractivity contribution in [2.45, 2.75) is 52.5 Å². The number of nitrogens with one attached hydrogen (secondary N) is 1. The molecule has 0 spiro atoms. The first-order valence-corrected chi connectivity index (χ1v) is 8.26. The largest absolute Gasteiger partial charge is 0.339 e. The first-order valence-electron chi connectivity index (χ1n) is 8.26. The van der Waals surface area contributed by atoms with E-state index in [-0.39, 0.29) is 11.7 Å². The lowest BCUT2D eigenvalue weighted by Gasteiger charge is -2.35. The molecule has 1 aliphatic heterocycles. The fourth-order valence-corrected chi connectivity index (χ4v) is 2.45. The van der Waals surface area contributed by atoms with E-state index in [2.05, 4.69) is 24.1 Å². The molecular weight excluding hydrogens is 266 g/mol. The molecule has 0 aromatic rings. The summed E-state index contributed by atoms with van der Waals surface area (Å²) in [5.74, 6) is 0.491. The van der Waals surface area contributed by atoms with E-state index in [1.165, 1.54) is 0 Å². The molecule has 5 heteroatoms. The number of carbonyl (C=O) groups excluding carboxylic acids is 2. The van der Waals surface area contributed by atoms with Crippen LogP contribution in [0.2, 0.25) is 0 Å². The predicted octanol–water partition coefficient (Wildman–Crippen LogP) is 1.28. The van der Waals surface area contributed by atoms with Crippen molar-refractivity contribution in [2.24, 2.45) is 0 Å². The van der Waals surface area contributed by atoms with Crippen molar-refractivity contribution in [3.63, 3.8) is 0 Å². The van der Waals surface area contributed by atoms with Gasteiger partial charge < -0.3 is 15.0 Å². The number of rotatable bonds is 9. The molecule has 0 aromatic heterocycles. The van der Waals surface area contributed by atoms with Crippen LogP contribution in [0, 0.1) is 0 Å². The summed E-state index contributed by atoms with van der Waals surface area (Å²) < 4.78 is 0. The van der Waals surface area contributed by atoms with Gasteiger partial charge in [0, 0.05) is 38.6 Å². The number of carbonyl (C=O) groups is 2. The van der Waals surface area contributed by atoms with Gasteiger partial charge in [-0.2, -0.15) is 0 Å². The number of amides is 1. The molecule has 1 amide bonds. The van der Waals surface area contributed by atoms with Crippen molar-refractivity contribution >= 4 is 11.7 Å². The third-order valence-corrected chi connectivity index (χ3v) is 4.19. The van der Waals surface area contributed by atoms with Crippen molar-refractivity contribution in [1.29, 1.82) is 0 Å². The summed E-state index contributed by atoms with van der Waals surface area (Å²) in [5.41, 5.74) is 0. The Morgan fingerprint density at radius 1 is 1.14 bits per heavy atom. The highest BCUT2D eigenvalue weighted by molar-refractivity contribution is 5.78. The van der Waals surface area contributed by atoms with Gasteiger partial charge in [0.2, 0.25) is 5.91 Å². The Balaban J connectivity index is 2.13. The highest BCUT2D eigenvalue weighted by Crippen LogP contribution is 2.05. The third kappa shape index (κ3) is 7.58.